The van der Waals surface area contributed by atoms with Crippen molar-refractivity contribution in [2.45, 2.75) is 31.7 Å². The summed E-state index contributed by atoms with van der Waals surface area (Å²) in [7, 11) is -3.51. The maximum Gasteiger partial charge on any atom is 0.213 e. The van der Waals surface area contributed by atoms with Gasteiger partial charge in [0.15, 0.2) is 0 Å². The Labute approximate surface area is 108 Å². The molecule has 0 bridgehead atoms. The van der Waals surface area contributed by atoms with Crippen LogP contribution in [0, 0.1) is 0 Å². The van der Waals surface area contributed by atoms with E-state index in [2.05, 4.69) is 5.32 Å². The van der Waals surface area contributed by atoms with Crippen molar-refractivity contribution in [3.8, 4) is 0 Å². The summed E-state index contributed by atoms with van der Waals surface area (Å²) in [4.78, 5) is 0. The number of hydrogen-bond acceptors (Lipinski definition) is 4. The van der Waals surface area contributed by atoms with Gasteiger partial charge < -0.3 is 10.4 Å². The number of hydrogen-bond donors (Lipinski definition) is 3. The van der Waals surface area contributed by atoms with Crippen molar-refractivity contribution in [3.05, 3.63) is 35.4 Å². The number of primary sulfonamides is 1. The summed E-state index contributed by atoms with van der Waals surface area (Å²) >= 11 is 0. The highest BCUT2D eigenvalue weighted by atomic mass is 32.2. The molecule has 18 heavy (non-hydrogen) atoms. The molecule has 1 atom stereocenters. The van der Waals surface area contributed by atoms with Crippen LogP contribution in [-0.2, 0) is 15.8 Å². The molecule has 1 rings (SSSR count). The molecule has 5 nitrogen and oxygen atoms in total. The molecule has 1 aromatic rings. The van der Waals surface area contributed by atoms with Crippen LogP contribution >= 0.6 is 0 Å². The highest BCUT2D eigenvalue weighted by Crippen LogP contribution is 2.14. The molecular formula is C12H20N2O3S. The minimum atomic E-state index is -3.51. The Morgan fingerprint density at radius 3 is 2.28 bits per heavy atom. The van der Waals surface area contributed by atoms with Gasteiger partial charge in [-0.05, 0) is 11.1 Å². The zero-order valence-corrected chi connectivity index (χ0v) is 11.4. The van der Waals surface area contributed by atoms with E-state index in [0.29, 0.717) is 18.2 Å². The Morgan fingerprint density at radius 2 is 1.83 bits per heavy atom. The second kappa shape index (κ2) is 6.29. The molecule has 0 aliphatic heterocycles. The lowest BCUT2D eigenvalue weighted by Crippen LogP contribution is -2.27. The smallest absolute Gasteiger partial charge is 0.213 e. The first kappa shape index (κ1) is 15.1. The summed E-state index contributed by atoms with van der Waals surface area (Å²) in [6, 6.07) is 7.07. The van der Waals surface area contributed by atoms with E-state index in [4.69, 9.17) is 5.14 Å². The van der Waals surface area contributed by atoms with E-state index in [-0.39, 0.29) is 5.75 Å². The largest absolute Gasteiger partial charge is 0.387 e. The SMILES string of the molecule is CC(C)NCC(O)c1ccc(CS(N)(=O)=O)cc1. The number of nitrogens with one attached hydrogen (secondary N) is 1. The van der Waals surface area contributed by atoms with Crippen LogP contribution in [0.3, 0.4) is 0 Å². The second-order valence-corrected chi connectivity index (χ2v) is 6.24. The van der Waals surface area contributed by atoms with E-state index in [0.717, 1.165) is 5.56 Å². The Balaban J connectivity index is 2.65. The third kappa shape index (κ3) is 5.59. The highest BCUT2D eigenvalue weighted by Gasteiger charge is 2.09. The molecule has 1 unspecified atom stereocenters. The number of aliphatic hydroxyl groups is 1. The molecule has 0 amide bonds. The van der Waals surface area contributed by atoms with Crippen LogP contribution in [0.4, 0.5) is 0 Å². The molecule has 0 aliphatic carbocycles. The number of benzene rings is 1. The van der Waals surface area contributed by atoms with Gasteiger partial charge in [-0.3, -0.25) is 0 Å². The Bertz CT molecular complexity index is 469. The van der Waals surface area contributed by atoms with Crippen LogP contribution in [0.2, 0.25) is 0 Å². The molecule has 0 aromatic heterocycles. The summed E-state index contributed by atoms with van der Waals surface area (Å²) in [6.45, 7) is 4.47. The average molecular weight is 272 g/mol. The van der Waals surface area contributed by atoms with Crippen molar-refractivity contribution in [1.29, 1.82) is 0 Å². The lowest BCUT2D eigenvalue weighted by molar-refractivity contribution is 0.171. The van der Waals surface area contributed by atoms with E-state index in [1.54, 1.807) is 24.3 Å². The van der Waals surface area contributed by atoms with Crippen LogP contribution in [0.25, 0.3) is 0 Å². The second-order valence-electron chi connectivity index (χ2n) is 4.63. The Kier molecular flexibility index (Phi) is 5.28. The maximum atomic E-state index is 10.9. The van der Waals surface area contributed by atoms with Crippen LogP contribution in [0.1, 0.15) is 31.1 Å². The van der Waals surface area contributed by atoms with E-state index in [1.165, 1.54) is 0 Å². The molecule has 0 aliphatic rings. The summed E-state index contributed by atoms with van der Waals surface area (Å²) in [5.41, 5.74) is 1.37. The van der Waals surface area contributed by atoms with Crippen molar-refractivity contribution in [2.24, 2.45) is 5.14 Å². The van der Waals surface area contributed by atoms with Crippen molar-refractivity contribution < 1.29 is 13.5 Å². The maximum absolute atomic E-state index is 10.9. The van der Waals surface area contributed by atoms with Crippen molar-refractivity contribution in [3.63, 3.8) is 0 Å². The normalized spacial score (nSPS) is 13.8. The first-order valence-electron chi connectivity index (χ1n) is 5.78. The van der Waals surface area contributed by atoms with E-state index in [1.807, 2.05) is 13.8 Å². The number of nitrogens with two attached hydrogens (primary N) is 1. The Morgan fingerprint density at radius 1 is 1.28 bits per heavy atom. The molecule has 0 fully saturated rings. The predicted molar refractivity (Wildman–Crippen MR) is 71.4 cm³/mol. The first-order valence-corrected chi connectivity index (χ1v) is 7.50. The van der Waals surface area contributed by atoms with Gasteiger partial charge in [-0.1, -0.05) is 38.1 Å². The topological polar surface area (TPSA) is 92.4 Å². The van der Waals surface area contributed by atoms with Crippen molar-refractivity contribution >= 4 is 10.0 Å². The Hall–Kier alpha value is -0.950. The molecular weight excluding hydrogens is 252 g/mol. The standard InChI is InChI=1S/C12H20N2O3S/c1-9(2)14-7-12(15)11-5-3-10(4-6-11)8-18(13,16)17/h3-6,9,12,14-15H,7-8H2,1-2H3,(H2,13,16,17). The number of sulfonamides is 1. The van der Waals surface area contributed by atoms with Crippen LogP contribution in [0.5, 0.6) is 0 Å². The monoisotopic (exact) mass is 272 g/mol. The van der Waals surface area contributed by atoms with Crippen molar-refractivity contribution in [2.75, 3.05) is 6.54 Å². The first-order chi connectivity index (χ1) is 8.28. The minimum absolute atomic E-state index is 0.187. The van der Waals surface area contributed by atoms with Gasteiger partial charge in [0.2, 0.25) is 10.0 Å². The van der Waals surface area contributed by atoms with E-state index >= 15 is 0 Å². The molecule has 0 spiro atoms. The van der Waals surface area contributed by atoms with E-state index < -0.39 is 16.1 Å². The third-order valence-corrected chi connectivity index (χ3v) is 3.19. The fourth-order valence-electron chi connectivity index (χ4n) is 1.53. The molecule has 4 N–H and O–H groups in total. The molecule has 0 saturated heterocycles. The lowest BCUT2D eigenvalue weighted by Gasteiger charge is -2.14. The molecule has 0 saturated carbocycles. The number of aliphatic hydroxyl groups excluding tert-OH is 1. The zero-order valence-electron chi connectivity index (χ0n) is 10.6. The fraction of sp³-hybridized carbons (Fsp3) is 0.500. The predicted octanol–water partition coefficient (Wildman–Crippen LogP) is 0.507. The van der Waals surface area contributed by atoms with Gasteiger partial charge >= 0.3 is 0 Å². The average Bonchev–Trinajstić information content (AvgIpc) is 2.24. The van der Waals surface area contributed by atoms with Crippen molar-refractivity contribution in [1.82, 2.24) is 5.32 Å². The van der Waals surface area contributed by atoms with Gasteiger partial charge in [0.1, 0.15) is 0 Å². The summed E-state index contributed by atoms with van der Waals surface area (Å²) in [5, 5.41) is 18.0. The lowest BCUT2D eigenvalue weighted by atomic mass is 10.1. The van der Waals surface area contributed by atoms with Crippen LogP contribution < -0.4 is 10.5 Å². The highest BCUT2D eigenvalue weighted by molar-refractivity contribution is 7.88. The summed E-state index contributed by atoms with van der Waals surface area (Å²) in [6.07, 6.45) is -0.601. The summed E-state index contributed by atoms with van der Waals surface area (Å²) < 4.78 is 21.8. The minimum Gasteiger partial charge on any atom is -0.387 e. The quantitative estimate of drug-likeness (QED) is 0.703. The molecule has 0 heterocycles. The van der Waals surface area contributed by atoms with E-state index in [9.17, 15) is 13.5 Å². The van der Waals surface area contributed by atoms with Gasteiger partial charge in [-0.15, -0.1) is 0 Å². The zero-order chi connectivity index (χ0) is 13.8. The van der Waals surface area contributed by atoms with Gasteiger partial charge in [-0.25, -0.2) is 13.6 Å². The van der Waals surface area contributed by atoms with Gasteiger partial charge in [0.05, 0.1) is 11.9 Å². The molecule has 6 heteroatoms. The fourth-order valence-corrected chi connectivity index (χ4v) is 2.19. The third-order valence-electron chi connectivity index (χ3n) is 2.45. The molecule has 1 aromatic carbocycles. The summed E-state index contributed by atoms with van der Waals surface area (Å²) in [5.74, 6) is -0.187. The van der Waals surface area contributed by atoms with Gasteiger partial charge in [0.25, 0.3) is 0 Å². The van der Waals surface area contributed by atoms with Gasteiger partial charge in [-0.2, -0.15) is 0 Å². The number of rotatable bonds is 6. The molecule has 0 radical (unpaired) electrons. The molecule has 102 valence electrons. The van der Waals surface area contributed by atoms with Crippen LogP contribution in [-0.4, -0.2) is 26.1 Å². The van der Waals surface area contributed by atoms with Crippen LogP contribution in [0.15, 0.2) is 24.3 Å². The van der Waals surface area contributed by atoms with Gasteiger partial charge in [0, 0.05) is 12.6 Å².